The molecular formula is C13H10ClF3N2. The average Bonchev–Trinajstić information content (AvgIpc) is 2.38. The molecule has 0 radical (unpaired) electrons. The summed E-state index contributed by atoms with van der Waals surface area (Å²) in [5.74, 6) is 0. The highest BCUT2D eigenvalue weighted by Gasteiger charge is 2.30. The van der Waals surface area contributed by atoms with Gasteiger partial charge in [0.15, 0.2) is 0 Å². The van der Waals surface area contributed by atoms with E-state index in [0.29, 0.717) is 16.3 Å². The fourth-order valence-corrected chi connectivity index (χ4v) is 1.90. The highest BCUT2D eigenvalue weighted by molar-refractivity contribution is 6.31. The molecule has 1 aromatic heterocycles. The molecule has 6 heteroatoms. The van der Waals surface area contributed by atoms with Crippen molar-refractivity contribution < 1.29 is 13.2 Å². The van der Waals surface area contributed by atoms with Crippen LogP contribution in [-0.2, 0) is 6.18 Å². The first-order valence-electron chi connectivity index (χ1n) is 5.43. The molecule has 1 heterocycles. The van der Waals surface area contributed by atoms with Crippen molar-refractivity contribution in [2.24, 2.45) is 5.73 Å². The molecule has 0 saturated heterocycles. The van der Waals surface area contributed by atoms with Crippen molar-refractivity contribution in [1.29, 1.82) is 0 Å². The van der Waals surface area contributed by atoms with Gasteiger partial charge in [-0.05, 0) is 29.8 Å². The number of rotatable bonds is 2. The fraction of sp³-hybridized carbons (Fsp3) is 0.154. The smallest absolute Gasteiger partial charge is 0.319 e. The van der Waals surface area contributed by atoms with Crippen molar-refractivity contribution in [3.05, 3.63) is 64.4 Å². The number of aromatic nitrogens is 1. The van der Waals surface area contributed by atoms with Gasteiger partial charge in [-0.2, -0.15) is 13.2 Å². The third kappa shape index (κ3) is 3.05. The summed E-state index contributed by atoms with van der Waals surface area (Å²) in [4.78, 5) is 4.05. The summed E-state index contributed by atoms with van der Waals surface area (Å²) >= 11 is 5.95. The van der Waals surface area contributed by atoms with E-state index in [2.05, 4.69) is 4.98 Å². The second-order valence-electron chi connectivity index (χ2n) is 3.97. The Morgan fingerprint density at radius 1 is 1.11 bits per heavy atom. The number of nitrogens with zero attached hydrogens (tertiary/aromatic N) is 1. The Labute approximate surface area is 113 Å². The van der Waals surface area contributed by atoms with Gasteiger partial charge in [-0.3, -0.25) is 4.98 Å². The van der Waals surface area contributed by atoms with E-state index in [0.717, 1.165) is 12.1 Å². The summed E-state index contributed by atoms with van der Waals surface area (Å²) in [6.07, 6.45) is -2.82. The van der Waals surface area contributed by atoms with Gasteiger partial charge in [0.05, 0.1) is 22.3 Å². The first-order valence-corrected chi connectivity index (χ1v) is 5.80. The van der Waals surface area contributed by atoms with Crippen molar-refractivity contribution in [1.82, 2.24) is 4.98 Å². The Morgan fingerprint density at radius 2 is 1.74 bits per heavy atom. The topological polar surface area (TPSA) is 38.9 Å². The van der Waals surface area contributed by atoms with E-state index in [4.69, 9.17) is 17.3 Å². The SMILES string of the molecule is NC(c1ccc(C(F)(F)F)cc1)c1ncccc1Cl. The third-order valence-electron chi connectivity index (χ3n) is 2.68. The maximum Gasteiger partial charge on any atom is 0.416 e. The van der Waals surface area contributed by atoms with Crippen molar-refractivity contribution in [2.75, 3.05) is 0 Å². The van der Waals surface area contributed by atoms with Gasteiger partial charge < -0.3 is 5.73 Å². The highest BCUT2D eigenvalue weighted by Crippen LogP contribution is 2.31. The predicted molar refractivity (Wildman–Crippen MR) is 66.7 cm³/mol. The number of halogens is 4. The van der Waals surface area contributed by atoms with Crippen LogP contribution >= 0.6 is 11.6 Å². The molecule has 1 unspecified atom stereocenters. The van der Waals surface area contributed by atoms with E-state index in [1.807, 2.05) is 0 Å². The van der Waals surface area contributed by atoms with Crippen LogP contribution in [0.15, 0.2) is 42.6 Å². The van der Waals surface area contributed by atoms with Crippen LogP contribution < -0.4 is 5.73 Å². The quantitative estimate of drug-likeness (QED) is 0.912. The van der Waals surface area contributed by atoms with E-state index in [9.17, 15) is 13.2 Å². The van der Waals surface area contributed by atoms with Crippen LogP contribution in [0.1, 0.15) is 22.9 Å². The van der Waals surface area contributed by atoms with Crippen molar-refractivity contribution >= 4 is 11.6 Å². The molecule has 0 spiro atoms. The summed E-state index contributed by atoms with van der Waals surface area (Å²) < 4.78 is 37.3. The van der Waals surface area contributed by atoms with Crippen LogP contribution in [0.4, 0.5) is 13.2 Å². The molecule has 1 atom stereocenters. The molecule has 0 aliphatic heterocycles. The molecule has 2 rings (SSSR count). The normalized spacial score (nSPS) is 13.3. The first kappa shape index (κ1) is 13.8. The van der Waals surface area contributed by atoms with Crippen molar-refractivity contribution in [2.45, 2.75) is 12.2 Å². The molecular weight excluding hydrogens is 277 g/mol. The monoisotopic (exact) mass is 286 g/mol. The minimum atomic E-state index is -4.36. The number of benzene rings is 1. The molecule has 100 valence electrons. The molecule has 0 saturated carbocycles. The number of nitrogens with two attached hydrogens (primary N) is 1. The number of alkyl halides is 3. The molecule has 1 aromatic carbocycles. The lowest BCUT2D eigenvalue weighted by Gasteiger charge is -2.14. The van der Waals surface area contributed by atoms with E-state index < -0.39 is 17.8 Å². The van der Waals surface area contributed by atoms with Gasteiger partial charge in [0.25, 0.3) is 0 Å². The zero-order chi connectivity index (χ0) is 14.0. The van der Waals surface area contributed by atoms with Gasteiger partial charge in [0, 0.05) is 6.20 Å². The lowest BCUT2D eigenvalue weighted by Crippen LogP contribution is -2.14. The van der Waals surface area contributed by atoms with Crippen LogP contribution in [0.25, 0.3) is 0 Å². The van der Waals surface area contributed by atoms with Gasteiger partial charge in [-0.15, -0.1) is 0 Å². The third-order valence-corrected chi connectivity index (χ3v) is 3.00. The number of pyridine rings is 1. The molecule has 0 aliphatic rings. The molecule has 2 N–H and O–H groups in total. The fourth-order valence-electron chi connectivity index (χ4n) is 1.66. The van der Waals surface area contributed by atoms with E-state index >= 15 is 0 Å². The Hall–Kier alpha value is -1.59. The predicted octanol–water partition coefficient (Wildman–Crippen LogP) is 3.80. The number of hydrogen-bond donors (Lipinski definition) is 1. The Kier molecular flexibility index (Phi) is 3.78. The van der Waals surface area contributed by atoms with Crippen LogP contribution in [0.5, 0.6) is 0 Å². The van der Waals surface area contributed by atoms with E-state index in [1.54, 1.807) is 12.1 Å². The number of hydrogen-bond acceptors (Lipinski definition) is 2. The van der Waals surface area contributed by atoms with Gasteiger partial charge in [-0.1, -0.05) is 23.7 Å². The summed E-state index contributed by atoms with van der Waals surface area (Å²) in [5, 5.41) is 0.384. The van der Waals surface area contributed by atoms with Crippen LogP contribution in [0, 0.1) is 0 Å². The maximum atomic E-state index is 12.4. The zero-order valence-corrected chi connectivity index (χ0v) is 10.4. The van der Waals surface area contributed by atoms with E-state index in [1.165, 1.54) is 18.3 Å². The molecule has 0 amide bonds. The second-order valence-corrected chi connectivity index (χ2v) is 4.38. The average molecular weight is 287 g/mol. The van der Waals surface area contributed by atoms with Gasteiger partial charge >= 0.3 is 6.18 Å². The first-order chi connectivity index (χ1) is 8.89. The van der Waals surface area contributed by atoms with Gasteiger partial charge in [0.2, 0.25) is 0 Å². The van der Waals surface area contributed by atoms with Crippen LogP contribution in [-0.4, -0.2) is 4.98 Å². The maximum absolute atomic E-state index is 12.4. The molecule has 0 aliphatic carbocycles. The van der Waals surface area contributed by atoms with Gasteiger partial charge in [0.1, 0.15) is 0 Å². The minimum Gasteiger partial charge on any atom is -0.319 e. The molecule has 2 aromatic rings. The van der Waals surface area contributed by atoms with Crippen molar-refractivity contribution in [3.8, 4) is 0 Å². The molecule has 0 fully saturated rings. The Morgan fingerprint density at radius 3 is 2.26 bits per heavy atom. The summed E-state index contributed by atoms with van der Waals surface area (Å²) in [5.41, 5.74) is 6.19. The Bertz CT molecular complexity index is 567. The van der Waals surface area contributed by atoms with Gasteiger partial charge in [-0.25, -0.2) is 0 Å². The van der Waals surface area contributed by atoms with E-state index in [-0.39, 0.29) is 0 Å². The molecule has 2 nitrogen and oxygen atoms in total. The second kappa shape index (κ2) is 5.19. The Balaban J connectivity index is 2.31. The van der Waals surface area contributed by atoms with Crippen LogP contribution in [0.2, 0.25) is 5.02 Å². The lowest BCUT2D eigenvalue weighted by molar-refractivity contribution is -0.137. The summed E-state index contributed by atoms with van der Waals surface area (Å²) in [6.45, 7) is 0. The van der Waals surface area contributed by atoms with Crippen molar-refractivity contribution in [3.63, 3.8) is 0 Å². The summed E-state index contributed by atoms with van der Waals surface area (Å²) in [7, 11) is 0. The molecule has 0 bridgehead atoms. The molecule has 19 heavy (non-hydrogen) atoms. The highest BCUT2D eigenvalue weighted by atomic mass is 35.5. The zero-order valence-electron chi connectivity index (χ0n) is 9.66. The standard InChI is InChI=1S/C13H10ClF3N2/c14-10-2-1-7-19-12(10)11(18)8-3-5-9(6-4-8)13(15,16)17/h1-7,11H,18H2. The minimum absolute atomic E-state index is 0.384. The van der Waals surface area contributed by atoms with Crippen LogP contribution in [0.3, 0.4) is 0 Å². The summed E-state index contributed by atoms with van der Waals surface area (Å²) in [6, 6.07) is 7.28. The largest absolute Gasteiger partial charge is 0.416 e. The lowest BCUT2D eigenvalue weighted by atomic mass is 10.0.